The molecule has 1 heterocycles. The Balaban J connectivity index is 2.26. The predicted octanol–water partition coefficient (Wildman–Crippen LogP) is 4.45. The second kappa shape index (κ2) is 5.08. The molecule has 1 saturated heterocycles. The molecule has 1 fully saturated rings. The van der Waals surface area contributed by atoms with Gasteiger partial charge in [-0.15, -0.1) is 0 Å². The van der Waals surface area contributed by atoms with Crippen LogP contribution in [0.2, 0.25) is 0 Å². The summed E-state index contributed by atoms with van der Waals surface area (Å²) in [6, 6.07) is 0. The fourth-order valence-corrected chi connectivity index (χ4v) is 6.14. The summed E-state index contributed by atoms with van der Waals surface area (Å²) in [5.74, 6) is -0.0689. The van der Waals surface area contributed by atoms with Crippen molar-refractivity contribution in [1.82, 2.24) is 0 Å². The van der Waals surface area contributed by atoms with E-state index in [1.54, 1.807) is 0 Å². The second-order valence-corrected chi connectivity index (χ2v) is 8.48. The largest absolute Gasteiger partial charge is 0.468 e. The molecule has 3 heteroatoms. The Kier molecular flexibility index (Phi) is 3.69. The smallest absolute Gasteiger partial charge is 0.316 e. The summed E-state index contributed by atoms with van der Waals surface area (Å²) in [4.78, 5) is 12.7. The van der Waals surface area contributed by atoms with Crippen LogP contribution in [-0.4, -0.2) is 25.3 Å². The van der Waals surface area contributed by atoms with Crippen molar-refractivity contribution in [2.45, 2.75) is 60.7 Å². The Morgan fingerprint density at radius 1 is 1.21 bits per heavy atom. The molecule has 3 rings (SSSR count). The van der Waals surface area contributed by atoms with Gasteiger partial charge in [0.05, 0.1) is 24.7 Å². The Bertz CT molecular complexity index is 685. The van der Waals surface area contributed by atoms with Crippen molar-refractivity contribution in [2.75, 3.05) is 7.11 Å². The Labute approximate surface area is 145 Å². The normalized spacial score (nSPS) is 47.2. The number of carbonyl (C=O) groups excluding carboxylic acids is 1. The summed E-state index contributed by atoms with van der Waals surface area (Å²) in [6.07, 6.45) is 6.67. The van der Waals surface area contributed by atoms with Gasteiger partial charge in [0.15, 0.2) is 0 Å². The van der Waals surface area contributed by atoms with Crippen molar-refractivity contribution >= 4 is 5.97 Å². The van der Waals surface area contributed by atoms with E-state index in [-0.39, 0.29) is 34.9 Å². The first-order valence-corrected chi connectivity index (χ1v) is 8.83. The average Bonchev–Trinajstić information content (AvgIpc) is 2.86. The van der Waals surface area contributed by atoms with Crippen LogP contribution in [0.3, 0.4) is 0 Å². The van der Waals surface area contributed by atoms with E-state index in [1.165, 1.54) is 18.3 Å². The number of rotatable bonds is 2. The lowest BCUT2D eigenvalue weighted by Gasteiger charge is -2.51. The first-order valence-electron chi connectivity index (χ1n) is 8.83. The number of hydrogen-bond acceptors (Lipinski definition) is 3. The van der Waals surface area contributed by atoms with Crippen molar-refractivity contribution < 1.29 is 14.3 Å². The van der Waals surface area contributed by atoms with Gasteiger partial charge in [-0.2, -0.15) is 0 Å². The van der Waals surface area contributed by atoms with Crippen molar-refractivity contribution in [2.24, 2.45) is 22.2 Å². The highest BCUT2D eigenvalue weighted by Crippen LogP contribution is 2.71. The summed E-state index contributed by atoms with van der Waals surface area (Å²) >= 11 is 0. The molecular formula is C21H30O3. The Morgan fingerprint density at radius 2 is 1.83 bits per heavy atom. The molecule has 1 unspecified atom stereocenters. The average molecular weight is 330 g/mol. The zero-order chi connectivity index (χ0) is 18.1. The third-order valence-corrected chi connectivity index (χ3v) is 7.14. The highest BCUT2D eigenvalue weighted by atomic mass is 16.5. The zero-order valence-corrected chi connectivity index (χ0v) is 16.2. The number of carbonyl (C=O) groups is 1. The molecule has 0 saturated carbocycles. The molecule has 3 aliphatic rings. The summed E-state index contributed by atoms with van der Waals surface area (Å²) < 4.78 is 11.8. The minimum atomic E-state index is -0.648. The van der Waals surface area contributed by atoms with E-state index in [0.717, 1.165) is 5.57 Å². The highest BCUT2D eigenvalue weighted by Gasteiger charge is 2.72. The van der Waals surface area contributed by atoms with E-state index in [2.05, 4.69) is 59.8 Å². The van der Waals surface area contributed by atoms with Gasteiger partial charge in [-0.05, 0) is 45.8 Å². The van der Waals surface area contributed by atoms with Gasteiger partial charge in [0, 0.05) is 16.7 Å². The summed E-state index contributed by atoms with van der Waals surface area (Å²) in [5.41, 5.74) is 2.73. The van der Waals surface area contributed by atoms with Gasteiger partial charge in [0.2, 0.25) is 0 Å². The molecule has 132 valence electrons. The lowest BCUT2D eigenvalue weighted by molar-refractivity contribution is -0.155. The van der Waals surface area contributed by atoms with Crippen LogP contribution in [0, 0.1) is 22.2 Å². The van der Waals surface area contributed by atoms with Gasteiger partial charge >= 0.3 is 5.97 Å². The maximum atomic E-state index is 12.7. The van der Waals surface area contributed by atoms with Crippen molar-refractivity contribution in [1.29, 1.82) is 0 Å². The SMILES string of the molecule is C/C=C(\C)[C@@H]1OC2C(C)=C[C@@](C)(C(=O)OC)[C@H]3C(C)=C[C@]1(C)[C@@]23C. The third-order valence-electron chi connectivity index (χ3n) is 7.14. The number of methoxy groups -OCH3 is 1. The van der Waals surface area contributed by atoms with Crippen LogP contribution in [-0.2, 0) is 14.3 Å². The van der Waals surface area contributed by atoms with Crippen LogP contribution in [0.5, 0.6) is 0 Å². The van der Waals surface area contributed by atoms with Crippen LogP contribution in [0.15, 0.2) is 34.9 Å². The number of ether oxygens (including phenoxy) is 2. The molecule has 2 aliphatic carbocycles. The van der Waals surface area contributed by atoms with E-state index in [4.69, 9.17) is 9.47 Å². The molecule has 0 aromatic heterocycles. The maximum absolute atomic E-state index is 12.7. The van der Waals surface area contributed by atoms with Crippen molar-refractivity contribution in [3.63, 3.8) is 0 Å². The summed E-state index contributed by atoms with van der Waals surface area (Å²) in [5, 5.41) is 0. The Morgan fingerprint density at radius 3 is 2.38 bits per heavy atom. The first-order chi connectivity index (χ1) is 11.1. The summed E-state index contributed by atoms with van der Waals surface area (Å²) in [7, 11) is 1.48. The molecular weight excluding hydrogens is 300 g/mol. The molecule has 24 heavy (non-hydrogen) atoms. The quantitative estimate of drug-likeness (QED) is 0.554. The standard InChI is InChI=1S/C21H30O3/c1-9-12(2)16-20(6)11-13(3)15-19(5,18(22)23-8)10-14(4)17(24-16)21(15,20)7/h9-11,15-17H,1-8H3/b12-9+/t15-,16+,17?,19-,20+,21-/m1/s1. The minimum absolute atomic E-state index is 0.0267. The predicted molar refractivity (Wildman–Crippen MR) is 95.4 cm³/mol. The lowest BCUT2D eigenvalue weighted by atomic mass is 9.50. The van der Waals surface area contributed by atoms with Crippen LogP contribution in [0.1, 0.15) is 48.5 Å². The lowest BCUT2D eigenvalue weighted by Crippen LogP contribution is -2.54. The maximum Gasteiger partial charge on any atom is 0.316 e. The van der Waals surface area contributed by atoms with Crippen LogP contribution < -0.4 is 0 Å². The van der Waals surface area contributed by atoms with Gasteiger partial charge in [-0.25, -0.2) is 0 Å². The minimum Gasteiger partial charge on any atom is -0.468 e. The molecule has 3 nitrogen and oxygen atoms in total. The van der Waals surface area contributed by atoms with Gasteiger partial charge in [-0.3, -0.25) is 4.79 Å². The van der Waals surface area contributed by atoms with E-state index in [0.29, 0.717) is 0 Å². The third kappa shape index (κ3) is 1.74. The van der Waals surface area contributed by atoms with Crippen molar-refractivity contribution in [3.8, 4) is 0 Å². The second-order valence-electron chi connectivity index (χ2n) is 8.48. The molecule has 0 bridgehead atoms. The molecule has 0 amide bonds. The van der Waals surface area contributed by atoms with E-state index >= 15 is 0 Å². The fraction of sp³-hybridized carbons (Fsp3) is 0.667. The van der Waals surface area contributed by atoms with Gasteiger partial charge in [0.25, 0.3) is 0 Å². The van der Waals surface area contributed by atoms with Gasteiger partial charge in [0.1, 0.15) is 0 Å². The first kappa shape index (κ1) is 17.5. The molecule has 0 aromatic carbocycles. The van der Waals surface area contributed by atoms with Crippen LogP contribution >= 0.6 is 0 Å². The summed E-state index contributed by atoms with van der Waals surface area (Å²) in [6.45, 7) is 15.1. The fourth-order valence-electron chi connectivity index (χ4n) is 6.14. The monoisotopic (exact) mass is 330 g/mol. The molecule has 0 N–H and O–H groups in total. The molecule has 1 aliphatic heterocycles. The number of esters is 1. The highest BCUT2D eigenvalue weighted by molar-refractivity contribution is 5.81. The van der Waals surface area contributed by atoms with Crippen molar-refractivity contribution in [3.05, 3.63) is 34.9 Å². The topological polar surface area (TPSA) is 35.5 Å². The van der Waals surface area contributed by atoms with Gasteiger partial charge < -0.3 is 9.47 Å². The zero-order valence-electron chi connectivity index (χ0n) is 16.2. The molecule has 6 atom stereocenters. The van der Waals surface area contributed by atoms with E-state index in [9.17, 15) is 4.79 Å². The van der Waals surface area contributed by atoms with Crippen LogP contribution in [0.25, 0.3) is 0 Å². The molecule has 0 aromatic rings. The number of allylic oxidation sites excluding steroid dienone is 2. The van der Waals surface area contributed by atoms with Crippen LogP contribution in [0.4, 0.5) is 0 Å². The Hall–Kier alpha value is -1.35. The van der Waals surface area contributed by atoms with E-state index in [1.807, 2.05) is 6.92 Å². The molecule has 0 spiro atoms. The van der Waals surface area contributed by atoms with E-state index < -0.39 is 5.41 Å². The number of hydrogen-bond donors (Lipinski definition) is 0. The van der Waals surface area contributed by atoms with Gasteiger partial charge in [-0.1, -0.05) is 37.6 Å². The molecule has 0 radical (unpaired) electrons.